The average molecular weight is 184 g/mol. The minimum Gasteiger partial charge on any atom is -0.272 e. The first kappa shape index (κ1) is 12.2. The van der Waals surface area contributed by atoms with Gasteiger partial charge in [-0.3, -0.25) is 9.80 Å². The fourth-order valence-corrected chi connectivity index (χ4v) is 1.01. The highest BCUT2D eigenvalue weighted by Crippen LogP contribution is 2.03. The van der Waals surface area contributed by atoms with Crippen LogP contribution in [-0.4, -0.2) is 36.6 Å². The zero-order chi connectivity index (χ0) is 10.4. The summed E-state index contributed by atoms with van der Waals surface area (Å²) in [5.41, 5.74) is 0.588. The lowest BCUT2D eigenvalue weighted by Crippen LogP contribution is -2.42. The molecule has 0 saturated heterocycles. The molecule has 0 aromatic carbocycles. The molecule has 0 aromatic rings. The summed E-state index contributed by atoms with van der Waals surface area (Å²) in [7, 11) is 3.74. The van der Waals surface area contributed by atoms with Gasteiger partial charge in [-0.15, -0.1) is 0 Å². The van der Waals surface area contributed by atoms with Crippen molar-refractivity contribution in [2.75, 3.05) is 20.6 Å². The van der Waals surface area contributed by atoms with Crippen molar-refractivity contribution in [3.05, 3.63) is 12.2 Å². The molecule has 0 unspecified atom stereocenters. The van der Waals surface area contributed by atoms with Crippen molar-refractivity contribution in [1.29, 1.82) is 0 Å². The van der Waals surface area contributed by atoms with Crippen molar-refractivity contribution in [3.8, 4) is 0 Å². The van der Waals surface area contributed by atoms with E-state index >= 15 is 0 Å². The van der Waals surface area contributed by atoms with E-state index in [-0.39, 0.29) is 5.91 Å². The molecule has 0 aliphatic heterocycles. The molecule has 0 fully saturated rings. The van der Waals surface area contributed by atoms with Crippen molar-refractivity contribution < 1.29 is 4.79 Å². The zero-order valence-electron chi connectivity index (χ0n) is 9.13. The Morgan fingerprint density at radius 1 is 1.38 bits per heavy atom. The summed E-state index contributed by atoms with van der Waals surface area (Å²) in [4.78, 5) is 11.6. The van der Waals surface area contributed by atoms with E-state index in [1.54, 1.807) is 11.9 Å². The summed E-state index contributed by atoms with van der Waals surface area (Å²) < 4.78 is 0. The largest absolute Gasteiger partial charge is 0.272 e. The van der Waals surface area contributed by atoms with Gasteiger partial charge >= 0.3 is 0 Å². The van der Waals surface area contributed by atoms with E-state index in [9.17, 15) is 4.79 Å². The van der Waals surface area contributed by atoms with Crippen LogP contribution in [0.5, 0.6) is 0 Å². The Bertz CT molecular complexity index is 187. The number of carbonyl (C=O) groups is 1. The zero-order valence-corrected chi connectivity index (χ0v) is 9.13. The molecule has 0 heterocycles. The van der Waals surface area contributed by atoms with Gasteiger partial charge in [0, 0.05) is 26.2 Å². The van der Waals surface area contributed by atoms with Crippen LogP contribution in [0.4, 0.5) is 0 Å². The summed E-state index contributed by atoms with van der Waals surface area (Å²) in [6.07, 6.45) is 2.12. The van der Waals surface area contributed by atoms with Gasteiger partial charge in [0.25, 0.3) is 5.91 Å². The van der Waals surface area contributed by atoms with Crippen LogP contribution in [-0.2, 0) is 4.79 Å². The molecule has 0 bridgehead atoms. The number of hydrogen-bond acceptors (Lipinski definition) is 2. The van der Waals surface area contributed by atoms with Crippen LogP contribution >= 0.6 is 0 Å². The monoisotopic (exact) mass is 184 g/mol. The molecule has 0 atom stereocenters. The highest BCUT2D eigenvalue weighted by molar-refractivity contribution is 5.91. The highest BCUT2D eigenvalue weighted by atomic mass is 16.2. The number of rotatable bonds is 5. The third kappa shape index (κ3) is 4.08. The molecule has 1 amide bonds. The summed E-state index contributed by atoms with van der Waals surface area (Å²) >= 11 is 0. The van der Waals surface area contributed by atoms with E-state index in [4.69, 9.17) is 0 Å². The maximum Gasteiger partial charge on any atom is 0.263 e. The Kier molecular flexibility index (Phi) is 5.39. The molecule has 3 heteroatoms. The molecule has 0 N–H and O–H groups in total. The molecule has 76 valence electrons. The Morgan fingerprint density at radius 3 is 2.23 bits per heavy atom. The maximum atomic E-state index is 11.6. The van der Waals surface area contributed by atoms with Crippen LogP contribution in [0.3, 0.4) is 0 Å². The van der Waals surface area contributed by atoms with Crippen molar-refractivity contribution >= 4 is 5.91 Å². The molecule has 0 aromatic heterocycles. The number of carbonyl (C=O) groups excluding carboxylic acids is 1. The van der Waals surface area contributed by atoms with Gasteiger partial charge in [-0.25, -0.2) is 5.01 Å². The first-order valence-electron chi connectivity index (χ1n) is 4.65. The van der Waals surface area contributed by atoms with Crippen LogP contribution in [0.15, 0.2) is 12.2 Å². The number of hydrazine groups is 1. The van der Waals surface area contributed by atoms with E-state index in [1.165, 1.54) is 0 Å². The first-order valence-corrected chi connectivity index (χ1v) is 4.65. The van der Waals surface area contributed by atoms with Crippen molar-refractivity contribution in [2.24, 2.45) is 0 Å². The van der Waals surface area contributed by atoms with E-state index in [0.717, 1.165) is 19.4 Å². The van der Waals surface area contributed by atoms with Crippen LogP contribution in [0.2, 0.25) is 0 Å². The van der Waals surface area contributed by atoms with E-state index in [2.05, 4.69) is 13.5 Å². The normalized spacial score (nSPS) is 10.2. The Labute approximate surface area is 81.0 Å². The van der Waals surface area contributed by atoms with Gasteiger partial charge in [0.15, 0.2) is 0 Å². The third-order valence-corrected chi connectivity index (χ3v) is 1.81. The van der Waals surface area contributed by atoms with Gasteiger partial charge in [0.1, 0.15) is 0 Å². The summed E-state index contributed by atoms with van der Waals surface area (Å²) in [5, 5.41) is 3.53. The van der Waals surface area contributed by atoms with Crippen LogP contribution in [0.1, 0.15) is 26.7 Å². The lowest BCUT2D eigenvalue weighted by Gasteiger charge is -2.28. The van der Waals surface area contributed by atoms with Gasteiger partial charge in [0.2, 0.25) is 0 Å². The predicted octanol–water partition coefficient (Wildman–Crippen LogP) is 1.67. The second kappa shape index (κ2) is 5.75. The second-order valence-corrected chi connectivity index (χ2v) is 3.41. The van der Waals surface area contributed by atoms with Gasteiger partial charge in [0.05, 0.1) is 0 Å². The molecule has 0 radical (unpaired) electrons. The topological polar surface area (TPSA) is 23.6 Å². The number of unbranched alkanes of at least 4 members (excludes halogenated alkanes) is 1. The lowest BCUT2D eigenvalue weighted by atomic mass is 10.3. The standard InChI is InChI=1S/C10H20N2O/c1-6-7-8-12(11(4)5)10(13)9(2)3/h2,6-8H2,1,3-5H3. The average Bonchev–Trinajstić information content (AvgIpc) is 2.04. The molecule has 0 spiro atoms. The van der Waals surface area contributed by atoms with Gasteiger partial charge < -0.3 is 0 Å². The quantitative estimate of drug-likeness (QED) is 0.479. The van der Waals surface area contributed by atoms with Crippen molar-refractivity contribution in [2.45, 2.75) is 26.7 Å². The first-order chi connectivity index (χ1) is 6.00. The molecule has 0 rings (SSSR count). The summed E-state index contributed by atoms with van der Waals surface area (Å²) in [6, 6.07) is 0. The lowest BCUT2D eigenvalue weighted by molar-refractivity contribution is -0.140. The van der Waals surface area contributed by atoms with Crippen molar-refractivity contribution in [3.63, 3.8) is 0 Å². The van der Waals surface area contributed by atoms with Crippen LogP contribution in [0.25, 0.3) is 0 Å². The van der Waals surface area contributed by atoms with E-state index in [1.807, 2.05) is 19.1 Å². The SMILES string of the molecule is C=C(C)C(=O)N(CCCC)N(C)C. The fraction of sp³-hybridized carbons (Fsp3) is 0.700. The van der Waals surface area contributed by atoms with E-state index in [0.29, 0.717) is 5.57 Å². The van der Waals surface area contributed by atoms with Gasteiger partial charge in [-0.05, 0) is 13.3 Å². The highest BCUT2D eigenvalue weighted by Gasteiger charge is 2.14. The molecule has 3 nitrogen and oxygen atoms in total. The third-order valence-electron chi connectivity index (χ3n) is 1.81. The summed E-state index contributed by atoms with van der Waals surface area (Å²) in [6.45, 7) is 8.27. The Balaban J connectivity index is 4.24. The maximum absolute atomic E-state index is 11.6. The number of nitrogens with zero attached hydrogens (tertiary/aromatic N) is 2. The number of amides is 1. The second-order valence-electron chi connectivity index (χ2n) is 3.41. The molecular weight excluding hydrogens is 164 g/mol. The minimum atomic E-state index is 0.0125. The molecular formula is C10H20N2O. The Morgan fingerprint density at radius 2 is 1.92 bits per heavy atom. The van der Waals surface area contributed by atoms with Crippen molar-refractivity contribution in [1.82, 2.24) is 10.0 Å². The van der Waals surface area contributed by atoms with E-state index < -0.39 is 0 Å². The van der Waals surface area contributed by atoms with Gasteiger partial charge in [-0.1, -0.05) is 19.9 Å². The smallest absolute Gasteiger partial charge is 0.263 e. The van der Waals surface area contributed by atoms with Crippen LogP contribution in [0, 0.1) is 0 Å². The predicted molar refractivity (Wildman–Crippen MR) is 55.1 cm³/mol. The van der Waals surface area contributed by atoms with Crippen LogP contribution < -0.4 is 0 Å². The molecule has 0 aliphatic carbocycles. The Hall–Kier alpha value is -0.830. The molecule has 0 aliphatic rings. The fourth-order valence-electron chi connectivity index (χ4n) is 1.01. The van der Waals surface area contributed by atoms with Gasteiger partial charge in [-0.2, -0.15) is 0 Å². The molecule has 0 saturated carbocycles. The molecule has 13 heavy (non-hydrogen) atoms. The summed E-state index contributed by atoms with van der Waals surface area (Å²) in [5.74, 6) is 0.0125. The number of hydrogen-bond donors (Lipinski definition) is 0. The minimum absolute atomic E-state index is 0.0125.